The van der Waals surface area contributed by atoms with E-state index in [4.69, 9.17) is 4.42 Å². The van der Waals surface area contributed by atoms with Crippen LogP contribution in [0.4, 0.5) is 6.01 Å². The van der Waals surface area contributed by atoms with Crippen molar-refractivity contribution in [2.45, 2.75) is 4.90 Å². The number of benzene rings is 2. The third-order valence-electron chi connectivity index (χ3n) is 2.94. The van der Waals surface area contributed by atoms with Gasteiger partial charge >= 0.3 is 6.01 Å². The molecule has 0 N–H and O–H groups in total. The Hall–Kier alpha value is -1.99. The summed E-state index contributed by atoms with van der Waals surface area (Å²) in [6.45, 7) is 0. The van der Waals surface area contributed by atoms with Gasteiger partial charge in [0.05, 0.1) is 9.73 Å². The van der Waals surface area contributed by atoms with Crippen LogP contribution in [-0.4, -0.2) is 20.7 Å². The SMILES string of the molecule is CS(=O)(=Nc1nnc(-c2ccccc2)o1)c1ccc(Br)cc1. The molecule has 0 saturated heterocycles. The van der Waals surface area contributed by atoms with Gasteiger partial charge in [-0.05, 0) is 36.4 Å². The second-order valence-corrected chi connectivity index (χ2v) is 7.78. The molecule has 0 fully saturated rings. The fourth-order valence-corrected chi connectivity index (χ4v) is 3.22. The molecule has 3 aromatic rings. The summed E-state index contributed by atoms with van der Waals surface area (Å²) >= 11 is 3.34. The zero-order valence-electron chi connectivity index (χ0n) is 11.6. The second-order valence-electron chi connectivity index (χ2n) is 4.60. The normalized spacial score (nSPS) is 13.5. The van der Waals surface area contributed by atoms with Crippen LogP contribution in [0.2, 0.25) is 0 Å². The topological polar surface area (TPSA) is 68.3 Å². The van der Waals surface area contributed by atoms with Crippen molar-refractivity contribution < 1.29 is 8.63 Å². The average Bonchev–Trinajstić information content (AvgIpc) is 2.96. The second kappa shape index (κ2) is 6.02. The summed E-state index contributed by atoms with van der Waals surface area (Å²) in [7, 11) is -2.64. The van der Waals surface area contributed by atoms with Crippen LogP contribution in [0.1, 0.15) is 0 Å². The first kappa shape index (κ1) is 14.9. The summed E-state index contributed by atoms with van der Waals surface area (Å²) in [5.74, 6) is 0.352. The Bertz CT molecular complexity index is 898. The Morgan fingerprint density at radius 2 is 1.73 bits per heavy atom. The lowest BCUT2D eigenvalue weighted by molar-refractivity contribution is 0.579. The molecule has 1 aromatic heterocycles. The van der Waals surface area contributed by atoms with Gasteiger partial charge < -0.3 is 4.42 Å². The predicted molar refractivity (Wildman–Crippen MR) is 88.3 cm³/mol. The lowest BCUT2D eigenvalue weighted by Gasteiger charge is -2.02. The van der Waals surface area contributed by atoms with Gasteiger partial charge in [-0.1, -0.05) is 39.2 Å². The van der Waals surface area contributed by atoms with Crippen LogP contribution in [0.5, 0.6) is 0 Å². The lowest BCUT2D eigenvalue weighted by Crippen LogP contribution is -1.96. The van der Waals surface area contributed by atoms with Gasteiger partial charge in [0, 0.05) is 21.2 Å². The molecule has 0 aliphatic heterocycles. The van der Waals surface area contributed by atoms with E-state index in [2.05, 4.69) is 30.5 Å². The van der Waals surface area contributed by atoms with Crippen molar-refractivity contribution in [2.75, 3.05) is 6.26 Å². The smallest absolute Gasteiger partial charge is 0.351 e. The largest absolute Gasteiger partial charge is 0.401 e. The molecule has 0 spiro atoms. The van der Waals surface area contributed by atoms with Gasteiger partial charge in [0.2, 0.25) is 5.89 Å². The monoisotopic (exact) mass is 377 g/mol. The Balaban J connectivity index is 1.96. The number of halogens is 1. The zero-order valence-corrected chi connectivity index (χ0v) is 14.0. The lowest BCUT2D eigenvalue weighted by atomic mass is 10.2. The molecule has 0 aliphatic carbocycles. The van der Waals surface area contributed by atoms with Crippen molar-refractivity contribution in [3.8, 4) is 11.5 Å². The van der Waals surface area contributed by atoms with Crippen molar-refractivity contribution >= 4 is 31.7 Å². The number of rotatable bonds is 3. The molecule has 3 rings (SSSR count). The highest BCUT2D eigenvalue weighted by Crippen LogP contribution is 2.24. The zero-order chi connectivity index (χ0) is 15.6. The third-order valence-corrected chi connectivity index (χ3v) is 5.12. The molecule has 0 aliphatic rings. The van der Waals surface area contributed by atoms with Crippen molar-refractivity contribution in [1.29, 1.82) is 0 Å². The summed E-state index contributed by atoms with van der Waals surface area (Å²) in [6, 6.07) is 16.5. The number of hydrogen-bond donors (Lipinski definition) is 0. The molecule has 0 radical (unpaired) electrons. The molecule has 112 valence electrons. The fraction of sp³-hybridized carbons (Fsp3) is 0.0667. The van der Waals surface area contributed by atoms with E-state index in [1.807, 2.05) is 42.5 Å². The summed E-state index contributed by atoms with van der Waals surface area (Å²) in [6.07, 6.45) is 1.54. The minimum atomic E-state index is -2.64. The minimum Gasteiger partial charge on any atom is -0.401 e. The first-order valence-corrected chi connectivity index (χ1v) is 9.13. The van der Waals surface area contributed by atoms with Crippen LogP contribution in [0.25, 0.3) is 11.5 Å². The fourth-order valence-electron chi connectivity index (χ4n) is 1.84. The quantitative estimate of drug-likeness (QED) is 0.682. The van der Waals surface area contributed by atoms with Crippen LogP contribution in [-0.2, 0) is 9.73 Å². The van der Waals surface area contributed by atoms with Crippen molar-refractivity contribution in [1.82, 2.24) is 10.2 Å². The Labute approximate surface area is 136 Å². The molecule has 1 heterocycles. The van der Waals surface area contributed by atoms with Crippen LogP contribution >= 0.6 is 15.9 Å². The molecular weight excluding hydrogens is 366 g/mol. The highest BCUT2D eigenvalue weighted by atomic mass is 79.9. The molecule has 22 heavy (non-hydrogen) atoms. The summed E-state index contributed by atoms with van der Waals surface area (Å²) < 4.78 is 23.2. The molecule has 0 saturated carbocycles. The van der Waals surface area contributed by atoms with E-state index in [0.717, 1.165) is 10.0 Å². The average molecular weight is 378 g/mol. The Morgan fingerprint density at radius 3 is 2.41 bits per heavy atom. The van der Waals surface area contributed by atoms with E-state index in [0.29, 0.717) is 10.8 Å². The van der Waals surface area contributed by atoms with Gasteiger partial charge in [-0.3, -0.25) is 0 Å². The van der Waals surface area contributed by atoms with E-state index in [1.54, 1.807) is 18.4 Å². The van der Waals surface area contributed by atoms with Crippen LogP contribution in [0.15, 0.2) is 72.7 Å². The first-order chi connectivity index (χ1) is 10.5. The van der Waals surface area contributed by atoms with E-state index in [-0.39, 0.29) is 6.01 Å². The van der Waals surface area contributed by atoms with E-state index in [9.17, 15) is 4.21 Å². The standard InChI is InChI=1S/C15H12BrN3O2S/c1-22(20,13-9-7-12(16)8-10-13)19-15-18-17-14(21-15)11-5-3-2-4-6-11/h2-10H,1H3. The summed E-state index contributed by atoms with van der Waals surface area (Å²) in [4.78, 5) is 0.607. The van der Waals surface area contributed by atoms with Gasteiger partial charge in [0.15, 0.2) is 0 Å². The maximum atomic E-state index is 12.7. The highest BCUT2D eigenvalue weighted by molar-refractivity contribution is 9.10. The van der Waals surface area contributed by atoms with Gasteiger partial charge in [0.1, 0.15) is 0 Å². The molecule has 5 nitrogen and oxygen atoms in total. The van der Waals surface area contributed by atoms with E-state index in [1.165, 1.54) is 0 Å². The molecule has 7 heteroatoms. The molecule has 0 bridgehead atoms. The van der Waals surface area contributed by atoms with Crippen molar-refractivity contribution in [3.05, 3.63) is 59.1 Å². The first-order valence-electron chi connectivity index (χ1n) is 6.41. The number of nitrogens with zero attached hydrogens (tertiary/aromatic N) is 3. The molecular formula is C15H12BrN3O2S. The maximum Gasteiger partial charge on any atom is 0.351 e. The van der Waals surface area contributed by atoms with Crippen LogP contribution in [0, 0.1) is 0 Å². The summed E-state index contributed by atoms with van der Waals surface area (Å²) in [5, 5.41) is 7.78. The molecule has 2 aromatic carbocycles. The van der Waals surface area contributed by atoms with Crippen LogP contribution in [0.3, 0.4) is 0 Å². The van der Waals surface area contributed by atoms with Crippen molar-refractivity contribution in [3.63, 3.8) is 0 Å². The number of aromatic nitrogens is 2. The molecule has 1 atom stereocenters. The highest BCUT2D eigenvalue weighted by Gasteiger charge is 2.11. The molecule has 0 amide bonds. The van der Waals surface area contributed by atoms with Gasteiger partial charge in [-0.15, -0.1) is 9.46 Å². The third kappa shape index (κ3) is 3.26. The van der Waals surface area contributed by atoms with E-state index < -0.39 is 9.73 Å². The van der Waals surface area contributed by atoms with Crippen molar-refractivity contribution in [2.24, 2.45) is 4.36 Å². The molecule has 1 unspecified atom stereocenters. The summed E-state index contributed by atoms with van der Waals surface area (Å²) in [5.41, 5.74) is 0.794. The van der Waals surface area contributed by atoms with Crippen LogP contribution < -0.4 is 0 Å². The maximum absolute atomic E-state index is 12.7. The van der Waals surface area contributed by atoms with Gasteiger partial charge in [-0.2, -0.15) is 0 Å². The van der Waals surface area contributed by atoms with E-state index >= 15 is 0 Å². The van der Waals surface area contributed by atoms with Gasteiger partial charge in [-0.25, -0.2) is 4.21 Å². The Kier molecular flexibility index (Phi) is 4.08. The Morgan fingerprint density at radius 1 is 1.05 bits per heavy atom. The number of hydrogen-bond acceptors (Lipinski definition) is 5. The van der Waals surface area contributed by atoms with Gasteiger partial charge in [0.25, 0.3) is 0 Å². The predicted octanol–water partition coefficient (Wildman–Crippen LogP) is 4.29. The minimum absolute atomic E-state index is 0.00859.